The van der Waals surface area contributed by atoms with Crippen LogP contribution in [0.5, 0.6) is 0 Å². The Bertz CT molecular complexity index is 716. The van der Waals surface area contributed by atoms with Crippen LogP contribution in [0.15, 0.2) is 57.9 Å². The molecule has 0 saturated carbocycles. The number of nitrogens with two attached hydrogens (primary N) is 1. The van der Waals surface area contributed by atoms with Gasteiger partial charge in [0, 0.05) is 49.3 Å². The molecule has 2 N–H and O–H groups in total. The molecular formula is C18H22BrN3O2. The third-order valence-corrected chi connectivity index (χ3v) is 4.25. The summed E-state index contributed by atoms with van der Waals surface area (Å²) in [4.78, 5) is 26.0. The highest BCUT2D eigenvalue weighted by Gasteiger charge is 2.13. The first-order valence-corrected chi connectivity index (χ1v) is 8.77. The van der Waals surface area contributed by atoms with E-state index in [4.69, 9.17) is 5.73 Å². The van der Waals surface area contributed by atoms with Crippen LogP contribution in [0.4, 0.5) is 0 Å². The highest BCUT2D eigenvalue weighted by molar-refractivity contribution is 9.10. The highest BCUT2D eigenvalue weighted by atomic mass is 79.9. The summed E-state index contributed by atoms with van der Waals surface area (Å²) in [6, 6.07) is 13.2. The zero-order valence-corrected chi connectivity index (χ0v) is 15.1. The van der Waals surface area contributed by atoms with E-state index in [9.17, 15) is 9.59 Å². The van der Waals surface area contributed by atoms with E-state index in [1.165, 1.54) is 11.6 Å². The minimum absolute atomic E-state index is 0.0169. The largest absolute Gasteiger partial charge is 0.341 e. The summed E-state index contributed by atoms with van der Waals surface area (Å²) in [5.74, 6) is 0.0169. The van der Waals surface area contributed by atoms with Gasteiger partial charge in [-0.2, -0.15) is 0 Å². The summed E-state index contributed by atoms with van der Waals surface area (Å²) in [6.45, 7) is 1.95. The van der Waals surface area contributed by atoms with Gasteiger partial charge < -0.3 is 15.2 Å². The maximum absolute atomic E-state index is 12.5. The van der Waals surface area contributed by atoms with E-state index in [2.05, 4.69) is 15.9 Å². The van der Waals surface area contributed by atoms with Gasteiger partial charge in [0.05, 0.1) is 0 Å². The maximum atomic E-state index is 12.5. The van der Waals surface area contributed by atoms with Crippen molar-refractivity contribution in [1.82, 2.24) is 9.47 Å². The molecule has 1 aromatic heterocycles. The number of pyridine rings is 1. The van der Waals surface area contributed by atoms with Crippen LogP contribution in [0.2, 0.25) is 0 Å². The molecule has 0 aliphatic heterocycles. The fourth-order valence-corrected chi connectivity index (χ4v) is 2.86. The number of hydrogen-bond acceptors (Lipinski definition) is 3. The quantitative estimate of drug-likeness (QED) is 0.748. The molecule has 6 heteroatoms. The predicted octanol–water partition coefficient (Wildman–Crippen LogP) is 2.03. The fraction of sp³-hybridized carbons (Fsp3) is 0.333. The van der Waals surface area contributed by atoms with Crippen molar-refractivity contribution in [3.8, 4) is 0 Å². The molecule has 1 amide bonds. The van der Waals surface area contributed by atoms with Gasteiger partial charge in [0.25, 0.3) is 5.56 Å². The molecule has 2 aromatic rings. The second-order valence-corrected chi connectivity index (χ2v) is 6.45. The lowest BCUT2D eigenvalue weighted by atomic mass is 10.1. The normalized spacial score (nSPS) is 10.6. The molecule has 0 spiro atoms. The second kappa shape index (κ2) is 9.39. The third-order valence-electron chi connectivity index (χ3n) is 3.78. The summed E-state index contributed by atoms with van der Waals surface area (Å²) in [5.41, 5.74) is 6.71. The SMILES string of the molecule is NCCN(CCc1ccccc1)C(=O)CCn1cc(Br)ccc1=O. The standard InChI is InChI=1S/C18H22BrN3O2/c19-16-6-7-17(23)22(14-16)12-9-18(24)21(13-10-20)11-8-15-4-2-1-3-5-15/h1-7,14H,8-13,20H2. The first kappa shape index (κ1) is 18.4. The van der Waals surface area contributed by atoms with Gasteiger partial charge in [0.2, 0.25) is 5.91 Å². The molecule has 24 heavy (non-hydrogen) atoms. The van der Waals surface area contributed by atoms with Crippen LogP contribution < -0.4 is 11.3 Å². The van der Waals surface area contributed by atoms with Crippen LogP contribution in [0, 0.1) is 0 Å². The Morgan fingerprint density at radius 2 is 1.88 bits per heavy atom. The molecule has 0 aliphatic rings. The number of aromatic nitrogens is 1. The monoisotopic (exact) mass is 391 g/mol. The van der Waals surface area contributed by atoms with Gasteiger partial charge in [-0.3, -0.25) is 9.59 Å². The number of hydrogen-bond donors (Lipinski definition) is 1. The molecule has 5 nitrogen and oxygen atoms in total. The highest BCUT2D eigenvalue weighted by Crippen LogP contribution is 2.07. The Hall–Kier alpha value is -1.92. The zero-order valence-electron chi connectivity index (χ0n) is 13.5. The molecule has 1 aromatic carbocycles. The molecule has 0 atom stereocenters. The van der Waals surface area contributed by atoms with Crippen molar-refractivity contribution >= 4 is 21.8 Å². The van der Waals surface area contributed by atoms with Crippen molar-refractivity contribution in [2.75, 3.05) is 19.6 Å². The van der Waals surface area contributed by atoms with Crippen molar-refractivity contribution in [2.24, 2.45) is 5.73 Å². The Labute approximate surface area is 150 Å². The van der Waals surface area contributed by atoms with Crippen LogP contribution in [0.1, 0.15) is 12.0 Å². The van der Waals surface area contributed by atoms with Gasteiger partial charge >= 0.3 is 0 Å². The number of nitrogens with zero attached hydrogens (tertiary/aromatic N) is 2. The van der Waals surface area contributed by atoms with Crippen LogP contribution in [0.25, 0.3) is 0 Å². The van der Waals surface area contributed by atoms with Crippen LogP contribution in [-0.4, -0.2) is 35.0 Å². The fourth-order valence-electron chi connectivity index (χ4n) is 2.48. The smallest absolute Gasteiger partial charge is 0.250 e. The van der Waals surface area contributed by atoms with Gasteiger partial charge in [-0.05, 0) is 34.0 Å². The molecular weight excluding hydrogens is 370 g/mol. The van der Waals surface area contributed by atoms with E-state index in [1.54, 1.807) is 21.7 Å². The summed E-state index contributed by atoms with van der Waals surface area (Å²) in [7, 11) is 0. The second-order valence-electron chi connectivity index (χ2n) is 5.53. The summed E-state index contributed by atoms with van der Waals surface area (Å²) >= 11 is 3.34. The van der Waals surface area contributed by atoms with Crippen molar-refractivity contribution in [1.29, 1.82) is 0 Å². The number of rotatable bonds is 8. The topological polar surface area (TPSA) is 68.3 Å². The average molecular weight is 392 g/mol. The number of amides is 1. The number of aryl methyl sites for hydroxylation is 1. The van der Waals surface area contributed by atoms with Crippen molar-refractivity contribution in [3.05, 3.63) is 69.1 Å². The van der Waals surface area contributed by atoms with Gasteiger partial charge in [0.1, 0.15) is 0 Å². The van der Waals surface area contributed by atoms with E-state index in [1.807, 2.05) is 30.3 Å². The Morgan fingerprint density at radius 1 is 1.12 bits per heavy atom. The zero-order chi connectivity index (χ0) is 17.4. The maximum Gasteiger partial charge on any atom is 0.250 e. The number of halogens is 1. The molecule has 128 valence electrons. The summed E-state index contributed by atoms with van der Waals surface area (Å²) < 4.78 is 2.36. The van der Waals surface area contributed by atoms with E-state index in [0.29, 0.717) is 26.2 Å². The van der Waals surface area contributed by atoms with Crippen molar-refractivity contribution < 1.29 is 4.79 Å². The predicted molar refractivity (Wildman–Crippen MR) is 98.8 cm³/mol. The molecule has 0 radical (unpaired) electrons. The molecule has 0 unspecified atom stereocenters. The molecule has 2 rings (SSSR count). The summed E-state index contributed by atoms with van der Waals surface area (Å²) in [6.07, 6.45) is 2.78. The first-order chi connectivity index (χ1) is 11.6. The van der Waals surface area contributed by atoms with Gasteiger partial charge in [-0.25, -0.2) is 0 Å². The lowest BCUT2D eigenvalue weighted by Gasteiger charge is -2.22. The molecule has 0 fully saturated rings. The van der Waals surface area contributed by atoms with Crippen molar-refractivity contribution in [3.63, 3.8) is 0 Å². The lowest BCUT2D eigenvalue weighted by molar-refractivity contribution is -0.131. The third kappa shape index (κ3) is 5.62. The van der Waals surface area contributed by atoms with Crippen LogP contribution in [-0.2, 0) is 17.8 Å². The lowest BCUT2D eigenvalue weighted by Crippen LogP contribution is -2.37. The summed E-state index contributed by atoms with van der Waals surface area (Å²) in [5, 5.41) is 0. The van der Waals surface area contributed by atoms with Crippen LogP contribution in [0.3, 0.4) is 0 Å². The van der Waals surface area contributed by atoms with Gasteiger partial charge in [-0.15, -0.1) is 0 Å². The van der Waals surface area contributed by atoms with E-state index < -0.39 is 0 Å². The van der Waals surface area contributed by atoms with Gasteiger partial charge in [-0.1, -0.05) is 30.3 Å². The van der Waals surface area contributed by atoms with E-state index in [-0.39, 0.29) is 17.9 Å². The van der Waals surface area contributed by atoms with E-state index in [0.717, 1.165) is 10.9 Å². The molecule has 0 bridgehead atoms. The molecule has 1 heterocycles. The van der Waals surface area contributed by atoms with Gasteiger partial charge in [0.15, 0.2) is 0 Å². The Balaban J connectivity index is 1.93. The number of carbonyl (C=O) groups excluding carboxylic acids is 1. The first-order valence-electron chi connectivity index (χ1n) is 7.98. The Morgan fingerprint density at radius 3 is 2.58 bits per heavy atom. The van der Waals surface area contributed by atoms with Crippen LogP contribution >= 0.6 is 15.9 Å². The average Bonchev–Trinajstić information content (AvgIpc) is 2.60. The van der Waals surface area contributed by atoms with Crippen molar-refractivity contribution in [2.45, 2.75) is 19.4 Å². The minimum Gasteiger partial charge on any atom is -0.341 e. The molecule has 0 aliphatic carbocycles. The number of carbonyl (C=O) groups is 1. The minimum atomic E-state index is -0.110. The number of benzene rings is 1. The Kier molecular flexibility index (Phi) is 7.21. The molecule has 0 saturated heterocycles. The van der Waals surface area contributed by atoms with E-state index >= 15 is 0 Å².